The molecule has 0 spiro atoms. The molecule has 0 saturated carbocycles. The number of amides is 1. The first-order valence-corrected chi connectivity index (χ1v) is 7.11. The Morgan fingerprint density at radius 3 is 2.64 bits per heavy atom. The molecule has 0 aliphatic rings. The molecular formula is C16H17N5O. The Bertz CT molecular complexity index is 823. The van der Waals surface area contributed by atoms with E-state index in [4.69, 9.17) is 5.73 Å². The predicted octanol–water partition coefficient (Wildman–Crippen LogP) is 2.25. The smallest absolute Gasteiger partial charge is 0.267 e. The van der Waals surface area contributed by atoms with E-state index in [1.54, 1.807) is 18.5 Å². The van der Waals surface area contributed by atoms with Gasteiger partial charge in [-0.3, -0.25) is 4.79 Å². The van der Waals surface area contributed by atoms with E-state index < -0.39 is 5.91 Å². The molecule has 22 heavy (non-hydrogen) atoms. The summed E-state index contributed by atoms with van der Waals surface area (Å²) in [7, 11) is 0. The SMILES string of the molecule is CC(C)Cn1cc(-c2cncnc2)c2ccc(C(N)=O)nc21. The molecule has 2 N–H and O–H groups in total. The molecule has 0 fully saturated rings. The Hall–Kier alpha value is -2.76. The van der Waals surface area contributed by atoms with Crippen molar-refractivity contribution in [2.75, 3.05) is 0 Å². The molecule has 6 heteroatoms. The third kappa shape index (κ3) is 2.55. The summed E-state index contributed by atoms with van der Waals surface area (Å²) in [6, 6.07) is 3.53. The van der Waals surface area contributed by atoms with Crippen LogP contribution >= 0.6 is 0 Å². The molecule has 0 saturated heterocycles. The molecule has 0 atom stereocenters. The van der Waals surface area contributed by atoms with Crippen LogP contribution < -0.4 is 5.73 Å². The lowest BCUT2D eigenvalue weighted by molar-refractivity contribution is 0.0996. The maximum atomic E-state index is 11.4. The van der Waals surface area contributed by atoms with Gasteiger partial charge >= 0.3 is 0 Å². The lowest BCUT2D eigenvalue weighted by Gasteiger charge is -2.07. The van der Waals surface area contributed by atoms with Crippen LogP contribution in [0.5, 0.6) is 0 Å². The molecule has 0 radical (unpaired) electrons. The molecule has 3 rings (SSSR count). The highest BCUT2D eigenvalue weighted by Crippen LogP contribution is 2.29. The van der Waals surface area contributed by atoms with Crippen LogP contribution in [0.15, 0.2) is 37.1 Å². The molecular weight excluding hydrogens is 278 g/mol. The molecule has 3 aromatic heterocycles. The van der Waals surface area contributed by atoms with Crippen molar-refractivity contribution in [3.05, 3.63) is 42.7 Å². The first kappa shape index (κ1) is 14.2. The summed E-state index contributed by atoms with van der Waals surface area (Å²) in [4.78, 5) is 23.9. The van der Waals surface area contributed by atoms with Gasteiger partial charge in [-0.15, -0.1) is 0 Å². The third-order valence-electron chi connectivity index (χ3n) is 3.41. The van der Waals surface area contributed by atoms with E-state index in [-0.39, 0.29) is 5.69 Å². The number of hydrogen-bond acceptors (Lipinski definition) is 4. The van der Waals surface area contributed by atoms with Gasteiger partial charge in [0.05, 0.1) is 0 Å². The van der Waals surface area contributed by atoms with Gasteiger partial charge in [-0.25, -0.2) is 15.0 Å². The average Bonchev–Trinajstić information content (AvgIpc) is 2.85. The van der Waals surface area contributed by atoms with Gasteiger partial charge in [0, 0.05) is 41.6 Å². The summed E-state index contributed by atoms with van der Waals surface area (Å²) < 4.78 is 2.05. The highest BCUT2D eigenvalue weighted by atomic mass is 16.1. The zero-order valence-electron chi connectivity index (χ0n) is 12.5. The van der Waals surface area contributed by atoms with E-state index in [1.807, 2.05) is 12.3 Å². The fourth-order valence-corrected chi connectivity index (χ4v) is 2.50. The molecule has 0 aliphatic carbocycles. The van der Waals surface area contributed by atoms with Crippen LogP contribution in [-0.2, 0) is 6.54 Å². The van der Waals surface area contributed by atoms with E-state index in [0.29, 0.717) is 5.92 Å². The van der Waals surface area contributed by atoms with Crippen molar-refractivity contribution in [2.24, 2.45) is 11.7 Å². The van der Waals surface area contributed by atoms with Crippen molar-refractivity contribution < 1.29 is 4.79 Å². The van der Waals surface area contributed by atoms with E-state index in [1.165, 1.54) is 6.33 Å². The second-order valence-electron chi connectivity index (χ2n) is 5.65. The molecule has 6 nitrogen and oxygen atoms in total. The standard InChI is InChI=1S/C16H17N5O/c1-10(2)7-21-8-13(11-5-18-9-19-6-11)12-3-4-14(15(17)22)20-16(12)21/h3-6,8-10H,7H2,1-2H3,(H2,17,22). The highest BCUT2D eigenvalue weighted by molar-refractivity contribution is 5.98. The van der Waals surface area contributed by atoms with Crippen molar-refractivity contribution in [1.29, 1.82) is 0 Å². The Kier molecular flexibility index (Phi) is 3.58. The molecule has 3 aromatic rings. The first-order chi connectivity index (χ1) is 10.6. The second kappa shape index (κ2) is 5.55. The van der Waals surface area contributed by atoms with E-state index >= 15 is 0 Å². The number of carbonyl (C=O) groups excluding carboxylic acids is 1. The normalized spacial score (nSPS) is 11.2. The molecule has 0 aliphatic heterocycles. The van der Waals surface area contributed by atoms with Crippen LogP contribution in [0, 0.1) is 5.92 Å². The Balaban J connectivity index is 2.24. The highest BCUT2D eigenvalue weighted by Gasteiger charge is 2.14. The summed E-state index contributed by atoms with van der Waals surface area (Å²) in [5.74, 6) is -0.0710. The number of aromatic nitrogens is 4. The number of nitrogens with zero attached hydrogens (tertiary/aromatic N) is 4. The molecule has 1 amide bonds. The number of carbonyl (C=O) groups is 1. The number of pyridine rings is 1. The fraction of sp³-hybridized carbons (Fsp3) is 0.250. The molecule has 0 unspecified atom stereocenters. The minimum Gasteiger partial charge on any atom is -0.364 e. The molecule has 0 aromatic carbocycles. The molecule has 112 valence electrons. The largest absolute Gasteiger partial charge is 0.364 e. The van der Waals surface area contributed by atoms with Crippen molar-refractivity contribution in [1.82, 2.24) is 19.5 Å². The minimum absolute atomic E-state index is 0.270. The number of nitrogens with two attached hydrogens (primary N) is 1. The molecule has 3 heterocycles. The zero-order chi connectivity index (χ0) is 15.7. The van der Waals surface area contributed by atoms with Gasteiger partial charge in [-0.1, -0.05) is 13.8 Å². The summed E-state index contributed by atoms with van der Waals surface area (Å²) in [5.41, 5.74) is 8.29. The van der Waals surface area contributed by atoms with Crippen molar-refractivity contribution >= 4 is 16.9 Å². The monoisotopic (exact) mass is 295 g/mol. The minimum atomic E-state index is -0.524. The lowest BCUT2D eigenvalue weighted by Crippen LogP contribution is -2.13. The van der Waals surface area contributed by atoms with Crippen LogP contribution in [0.4, 0.5) is 0 Å². The van der Waals surface area contributed by atoms with Crippen LogP contribution in [-0.4, -0.2) is 25.4 Å². The Labute approximate surface area is 128 Å². The van der Waals surface area contributed by atoms with Crippen molar-refractivity contribution in [2.45, 2.75) is 20.4 Å². The Morgan fingerprint density at radius 1 is 1.27 bits per heavy atom. The van der Waals surface area contributed by atoms with E-state index in [2.05, 4.69) is 33.4 Å². The quantitative estimate of drug-likeness (QED) is 0.799. The van der Waals surface area contributed by atoms with Crippen LogP contribution in [0.25, 0.3) is 22.2 Å². The van der Waals surface area contributed by atoms with Crippen molar-refractivity contribution in [3.8, 4) is 11.1 Å². The van der Waals surface area contributed by atoms with Gasteiger partial charge < -0.3 is 10.3 Å². The number of rotatable bonds is 4. The number of hydrogen-bond donors (Lipinski definition) is 1. The fourth-order valence-electron chi connectivity index (χ4n) is 2.50. The maximum Gasteiger partial charge on any atom is 0.267 e. The Morgan fingerprint density at radius 2 is 2.00 bits per heavy atom. The predicted molar refractivity (Wildman–Crippen MR) is 84.1 cm³/mol. The summed E-state index contributed by atoms with van der Waals surface area (Å²) >= 11 is 0. The van der Waals surface area contributed by atoms with Gasteiger partial charge in [0.1, 0.15) is 17.7 Å². The van der Waals surface area contributed by atoms with Gasteiger partial charge in [-0.05, 0) is 18.1 Å². The number of fused-ring (bicyclic) bond motifs is 1. The van der Waals surface area contributed by atoms with Gasteiger partial charge in [-0.2, -0.15) is 0 Å². The van der Waals surface area contributed by atoms with Crippen LogP contribution in [0.2, 0.25) is 0 Å². The van der Waals surface area contributed by atoms with Gasteiger partial charge in [0.25, 0.3) is 5.91 Å². The third-order valence-corrected chi connectivity index (χ3v) is 3.41. The number of primary amides is 1. The van der Waals surface area contributed by atoms with Gasteiger partial charge in [0.2, 0.25) is 0 Å². The van der Waals surface area contributed by atoms with E-state index in [0.717, 1.165) is 28.7 Å². The van der Waals surface area contributed by atoms with Crippen LogP contribution in [0.1, 0.15) is 24.3 Å². The van der Waals surface area contributed by atoms with E-state index in [9.17, 15) is 4.79 Å². The van der Waals surface area contributed by atoms with Crippen molar-refractivity contribution in [3.63, 3.8) is 0 Å². The summed E-state index contributed by atoms with van der Waals surface area (Å²) in [6.07, 6.45) is 7.06. The van der Waals surface area contributed by atoms with Crippen LogP contribution in [0.3, 0.4) is 0 Å². The summed E-state index contributed by atoms with van der Waals surface area (Å²) in [6.45, 7) is 5.07. The average molecular weight is 295 g/mol. The second-order valence-corrected chi connectivity index (χ2v) is 5.65. The van der Waals surface area contributed by atoms with Gasteiger partial charge in [0.15, 0.2) is 0 Å². The first-order valence-electron chi connectivity index (χ1n) is 7.11. The maximum absolute atomic E-state index is 11.4. The summed E-state index contributed by atoms with van der Waals surface area (Å²) in [5, 5.41) is 0.959. The topological polar surface area (TPSA) is 86.7 Å². The lowest BCUT2D eigenvalue weighted by atomic mass is 10.1. The zero-order valence-corrected chi connectivity index (χ0v) is 12.5. The molecule has 0 bridgehead atoms.